The lowest BCUT2D eigenvalue weighted by Crippen LogP contribution is -1.75. The Morgan fingerprint density at radius 1 is 1.86 bits per heavy atom. The molecule has 7 heavy (non-hydrogen) atoms. The lowest BCUT2D eigenvalue weighted by atomic mass is 10.5. The lowest BCUT2D eigenvalue weighted by molar-refractivity contribution is 0.938. The first kappa shape index (κ1) is 3.98. The van der Waals surface area contributed by atoms with Gasteiger partial charge in [0.25, 0.3) is 0 Å². The van der Waals surface area contributed by atoms with Crippen LogP contribution in [0.2, 0.25) is 0 Å². The molecular formula is C3H4N4. The van der Waals surface area contributed by atoms with Crippen LogP contribution in [0.5, 0.6) is 0 Å². The van der Waals surface area contributed by atoms with E-state index in [1.807, 2.05) is 0 Å². The van der Waals surface area contributed by atoms with Crippen LogP contribution < -0.4 is 0 Å². The van der Waals surface area contributed by atoms with Crippen LogP contribution in [0.15, 0.2) is 6.20 Å². The van der Waals surface area contributed by atoms with Gasteiger partial charge in [0.2, 0.25) is 0 Å². The van der Waals surface area contributed by atoms with Gasteiger partial charge in [-0.2, -0.15) is 0 Å². The molecule has 1 heterocycles. The maximum absolute atomic E-state index is 6.61. The van der Waals surface area contributed by atoms with Crippen molar-refractivity contribution in [1.82, 2.24) is 15.4 Å². The molecule has 4 nitrogen and oxygen atoms in total. The fourth-order valence-corrected chi connectivity index (χ4v) is 0.281. The average Bonchev–Trinajstić information content (AvgIpc) is 2.14. The Morgan fingerprint density at radius 3 is 3.00 bits per heavy atom. The van der Waals surface area contributed by atoms with Gasteiger partial charge in [-0.3, -0.25) is 5.10 Å². The third-order valence-electron chi connectivity index (χ3n) is 0.584. The zero-order chi connectivity index (χ0) is 5.11. The van der Waals surface area contributed by atoms with Crippen LogP contribution in [-0.4, -0.2) is 21.6 Å². The van der Waals surface area contributed by atoms with Crippen LogP contribution in [0, 0.1) is 5.41 Å². The smallest absolute Gasteiger partial charge is 0.123 e. The van der Waals surface area contributed by atoms with Crippen LogP contribution in [-0.2, 0) is 0 Å². The molecule has 36 valence electrons. The minimum Gasteiger partial charge on any atom is -0.306 e. The van der Waals surface area contributed by atoms with Crippen molar-refractivity contribution in [3.63, 3.8) is 0 Å². The topological polar surface area (TPSA) is 65.4 Å². The van der Waals surface area contributed by atoms with Gasteiger partial charge in [0, 0.05) is 6.21 Å². The second-order valence-corrected chi connectivity index (χ2v) is 1.04. The van der Waals surface area contributed by atoms with Gasteiger partial charge < -0.3 is 5.41 Å². The third kappa shape index (κ3) is 0.623. The highest BCUT2D eigenvalue weighted by Crippen LogP contribution is 1.76. The summed E-state index contributed by atoms with van der Waals surface area (Å²) >= 11 is 0. The van der Waals surface area contributed by atoms with Crippen molar-refractivity contribution in [1.29, 1.82) is 5.41 Å². The molecule has 0 spiro atoms. The van der Waals surface area contributed by atoms with E-state index in [1.165, 1.54) is 0 Å². The van der Waals surface area contributed by atoms with E-state index in [1.54, 1.807) is 6.20 Å². The van der Waals surface area contributed by atoms with Crippen LogP contribution in [0.3, 0.4) is 0 Å². The molecule has 0 saturated carbocycles. The van der Waals surface area contributed by atoms with Gasteiger partial charge in [-0.15, -0.1) is 5.10 Å². The molecule has 0 aromatic carbocycles. The standard InChI is InChI=1S/C3H4N4/c4-1-3-2-5-7-6-3/h1-2,4H,(H,5,6,7). The molecule has 0 bridgehead atoms. The highest BCUT2D eigenvalue weighted by atomic mass is 15.3. The van der Waals surface area contributed by atoms with Gasteiger partial charge in [0.15, 0.2) is 0 Å². The molecule has 0 aliphatic heterocycles. The van der Waals surface area contributed by atoms with Gasteiger partial charge in [-0.05, 0) is 0 Å². The summed E-state index contributed by atoms with van der Waals surface area (Å²) in [6.07, 6.45) is 2.68. The van der Waals surface area contributed by atoms with Crippen molar-refractivity contribution < 1.29 is 0 Å². The number of aromatic amines is 1. The quantitative estimate of drug-likeness (QED) is 0.475. The molecule has 0 atom stereocenters. The maximum atomic E-state index is 6.61. The Balaban J connectivity index is 2.96. The zero-order valence-electron chi connectivity index (χ0n) is 3.55. The SMILES string of the molecule is N=Cc1c[nH]nn1. The molecule has 0 aliphatic carbocycles. The first-order valence-corrected chi connectivity index (χ1v) is 1.80. The van der Waals surface area contributed by atoms with Gasteiger partial charge in [0.1, 0.15) is 5.69 Å². The predicted molar refractivity (Wildman–Crippen MR) is 24.3 cm³/mol. The fraction of sp³-hybridized carbons (Fsp3) is 0. The average molecular weight is 96.1 g/mol. The second-order valence-electron chi connectivity index (χ2n) is 1.04. The van der Waals surface area contributed by atoms with E-state index in [-0.39, 0.29) is 0 Å². The number of H-pyrrole nitrogens is 1. The lowest BCUT2D eigenvalue weighted by Gasteiger charge is -1.65. The molecule has 1 aromatic heterocycles. The molecule has 4 heteroatoms. The zero-order valence-corrected chi connectivity index (χ0v) is 3.55. The molecule has 0 radical (unpaired) electrons. The van der Waals surface area contributed by atoms with Crippen LogP contribution >= 0.6 is 0 Å². The van der Waals surface area contributed by atoms with Gasteiger partial charge in [-0.1, -0.05) is 5.21 Å². The largest absolute Gasteiger partial charge is 0.306 e. The van der Waals surface area contributed by atoms with Crippen LogP contribution in [0.1, 0.15) is 5.69 Å². The van der Waals surface area contributed by atoms with Gasteiger partial charge in [0.05, 0.1) is 6.20 Å². The Hall–Kier alpha value is -1.19. The number of rotatable bonds is 1. The molecule has 0 fully saturated rings. The number of hydrogen-bond donors (Lipinski definition) is 2. The number of nitrogens with zero attached hydrogens (tertiary/aromatic N) is 2. The summed E-state index contributed by atoms with van der Waals surface area (Å²) in [5.41, 5.74) is 0.556. The molecule has 0 amide bonds. The van der Waals surface area contributed by atoms with Crippen molar-refractivity contribution in [3.05, 3.63) is 11.9 Å². The second kappa shape index (κ2) is 1.51. The molecule has 0 unspecified atom stereocenters. The Kier molecular flexibility index (Phi) is 0.856. The minimum atomic E-state index is 0.556. The van der Waals surface area contributed by atoms with E-state index in [2.05, 4.69) is 15.4 Å². The summed E-state index contributed by atoms with van der Waals surface area (Å²) in [6.45, 7) is 0. The summed E-state index contributed by atoms with van der Waals surface area (Å²) in [7, 11) is 0. The van der Waals surface area contributed by atoms with E-state index >= 15 is 0 Å². The van der Waals surface area contributed by atoms with Crippen LogP contribution in [0.4, 0.5) is 0 Å². The van der Waals surface area contributed by atoms with E-state index in [0.29, 0.717) is 5.69 Å². The first-order valence-electron chi connectivity index (χ1n) is 1.80. The van der Waals surface area contributed by atoms with Crippen molar-refractivity contribution in [2.45, 2.75) is 0 Å². The van der Waals surface area contributed by atoms with E-state index in [0.717, 1.165) is 6.21 Å². The number of nitrogens with one attached hydrogen (secondary N) is 2. The van der Waals surface area contributed by atoms with Gasteiger partial charge in [-0.25, -0.2) is 0 Å². The molecule has 0 aliphatic rings. The Labute approximate surface area is 40.1 Å². The van der Waals surface area contributed by atoms with E-state index in [4.69, 9.17) is 5.41 Å². The highest BCUT2D eigenvalue weighted by molar-refractivity contribution is 5.72. The van der Waals surface area contributed by atoms with Crippen LogP contribution in [0.25, 0.3) is 0 Å². The molecule has 0 saturated heterocycles. The molecule has 1 aromatic rings. The normalized spacial score (nSPS) is 8.57. The summed E-state index contributed by atoms with van der Waals surface area (Å²) < 4.78 is 0. The fourth-order valence-electron chi connectivity index (χ4n) is 0.281. The van der Waals surface area contributed by atoms with Crippen molar-refractivity contribution in [2.75, 3.05) is 0 Å². The van der Waals surface area contributed by atoms with Gasteiger partial charge >= 0.3 is 0 Å². The summed E-state index contributed by atoms with van der Waals surface area (Å²) in [5.74, 6) is 0. The maximum Gasteiger partial charge on any atom is 0.123 e. The first-order chi connectivity index (χ1) is 3.43. The predicted octanol–water partition coefficient (Wildman–Crippen LogP) is -0.198. The van der Waals surface area contributed by atoms with Crippen molar-refractivity contribution in [2.24, 2.45) is 0 Å². The Bertz CT molecular complexity index is 142. The number of aromatic nitrogens is 3. The van der Waals surface area contributed by atoms with E-state index < -0.39 is 0 Å². The third-order valence-corrected chi connectivity index (χ3v) is 0.584. The van der Waals surface area contributed by atoms with Crippen molar-refractivity contribution in [3.8, 4) is 0 Å². The van der Waals surface area contributed by atoms with Crippen molar-refractivity contribution >= 4 is 6.21 Å². The monoisotopic (exact) mass is 96.0 g/mol. The van der Waals surface area contributed by atoms with E-state index in [9.17, 15) is 0 Å². The molecule has 1 rings (SSSR count). The number of hydrogen-bond acceptors (Lipinski definition) is 3. The molecular weight excluding hydrogens is 92.1 g/mol. The summed E-state index contributed by atoms with van der Waals surface area (Å²) in [5, 5.41) is 15.9. The molecule has 2 N–H and O–H groups in total. The Morgan fingerprint density at radius 2 is 2.71 bits per heavy atom. The highest BCUT2D eigenvalue weighted by Gasteiger charge is 1.82. The summed E-state index contributed by atoms with van der Waals surface area (Å²) in [4.78, 5) is 0. The minimum absolute atomic E-state index is 0.556. The summed E-state index contributed by atoms with van der Waals surface area (Å²) in [6, 6.07) is 0.